The van der Waals surface area contributed by atoms with Crippen LogP contribution in [-0.4, -0.2) is 27.6 Å². The maximum atomic E-state index is 12.0. The molecule has 2 aromatic rings. The molecule has 2 rings (SSSR count). The Morgan fingerprint density at radius 2 is 2.25 bits per heavy atom. The minimum atomic E-state index is -0.181. The monoisotopic (exact) mass is 275 g/mol. The lowest BCUT2D eigenvalue weighted by molar-refractivity contribution is 0.0953. The van der Waals surface area contributed by atoms with Gasteiger partial charge in [-0.15, -0.1) is 0 Å². The molecule has 0 aliphatic rings. The average Bonchev–Trinajstić information content (AvgIpc) is 2.91. The zero-order chi connectivity index (χ0) is 14.4. The van der Waals surface area contributed by atoms with Crippen molar-refractivity contribution in [2.75, 3.05) is 12.3 Å². The SMILES string of the molecule is CCCc1cc(C(=O)NCCc2ncon2)cc(N)n1. The Morgan fingerprint density at radius 1 is 1.40 bits per heavy atom. The van der Waals surface area contributed by atoms with Crippen LogP contribution in [0.2, 0.25) is 0 Å². The number of hydrogen-bond acceptors (Lipinski definition) is 6. The van der Waals surface area contributed by atoms with E-state index in [0.29, 0.717) is 30.2 Å². The first-order valence-corrected chi connectivity index (χ1v) is 6.49. The van der Waals surface area contributed by atoms with E-state index in [1.54, 1.807) is 12.1 Å². The number of amides is 1. The number of carbonyl (C=O) groups excluding carboxylic acids is 1. The summed E-state index contributed by atoms with van der Waals surface area (Å²) in [6.45, 7) is 2.49. The highest BCUT2D eigenvalue weighted by Crippen LogP contribution is 2.09. The summed E-state index contributed by atoms with van der Waals surface area (Å²) in [5.41, 5.74) is 7.06. The van der Waals surface area contributed by atoms with Crippen LogP contribution in [0.15, 0.2) is 23.0 Å². The van der Waals surface area contributed by atoms with Crippen LogP contribution < -0.4 is 11.1 Å². The predicted octanol–water partition coefficient (Wildman–Crippen LogP) is 0.972. The number of nitrogens with one attached hydrogen (secondary N) is 1. The number of carbonyl (C=O) groups is 1. The molecule has 3 N–H and O–H groups in total. The van der Waals surface area contributed by atoms with Gasteiger partial charge in [0.15, 0.2) is 5.82 Å². The number of nitrogens with zero attached hydrogens (tertiary/aromatic N) is 3. The summed E-state index contributed by atoms with van der Waals surface area (Å²) >= 11 is 0. The summed E-state index contributed by atoms with van der Waals surface area (Å²) < 4.78 is 4.62. The highest BCUT2D eigenvalue weighted by atomic mass is 16.5. The van der Waals surface area contributed by atoms with Crippen molar-refractivity contribution in [1.29, 1.82) is 0 Å². The second kappa shape index (κ2) is 6.65. The number of anilines is 1. The zero-order valence-corrected chi connectivity index (χ0v) is 11.3. The van der Waals surface area contributed by atoms with Crippen molar-refractivity contribution in [3.63, 3.8) is 0 Å². The highest BCUT2D eigenvalue weighted by molar-refractivity contribution is 5.94. The lowest BCUT2D eigenvalue weighted by Gasteiger charge is -2.07. The van der Waals surface area contributed by atoms with Crippen molar-refractivity contribution in [2.45, 2.75) is 26.2 Å². The molecule has 2 heterocycles. The molecule has 7 nitrogen and oxygen atoms in total. The van der Waals surface area contributed by atoms with Crippen LogP contribution >= 0.6 is 0 Å². The molecule has 2 aromatic heterocycles. The van der Waals surface area contributed by atoms with Crippen LogP contribution in [0.3, 0.4) is 0 Å². The van der Waals surface area contributed by atoms with Gasteiger partial charge >= 0.3 is 0 Å². The van der Waals surface area contributed by atoms with E-state index in [1.165, 1.54) is 6.39 Å². The quantitative estimate of drug-likeness (QED) is 0.813. The van der Waals surface area contributed by atoms with E-state index < -0.39 is 0 Å². The van der Waals surface area contributed by atoms with Crippen molar-refractivity contribution >= 4 is 11.7 Å². The van der Waals surface area contributed by atoms with E-state index in [2.05, 4.69) is 31.9 Å². The Labute approximate surface area is 116 Å². The molecule has 1 amide bonds. The fraction of sp³-hybridized carbons (Fsp3) is 0.385. The van der Waals surface area contributed by atoms with Gasteiger partial charge in [0.05, 0.1) is 0 Å². The molecule has 0 aliphatic carbocycles. The lowest BCUT2D eigenvalue weighted by Crippen LogP contribution is -2.26. The van der Waals surface area contributed by atoms with Crippen molar-refractivity contribution in [2.24, 2.45) is 0 Å². The van der Waals surface area contributed by atoms with Crippen LogP contribution in [-0.2, 0) is 12.8 Å². The first-order chi connectivity index (χ1) is 9.69. The fourth-order valence-corrected chi connectivity index (χ4v) is 1.82. The summed E-state index contributed by atoms with van der Waals surface area (Å²) in [5, 5.41) is 6.46. The number of hydrogen-bond donors (Lipinski definition) is 2. The standard InChI is InChI=1S/C13H17N5O2/c1-2-3-10-6-9(7-11(14)17-10)13(19)15-5-4-12-16-8-20-18-12/h6-8H,2-5H2,1H3,(H2,14,17)(H,15,19). The molecule has 0 saturated heterocycles. The lowest BCUT2D eigenvalue weighted by atomic mass is 10.1. The third kappa shape index (κ3) is 3.78. The van der Waals surface area contributed by atoms with Crippen LogP contribution in [0, 0.1) is 0 Å². The number of aryl methyl sites for hydroxylation is 1. The van der Waals surface area contributed by atoms with E-state index in [9.17, 15) is 4.79 Å². The molecule has 7 heteroatoms. The van der Waals surface area contributed by atoms with E-state index in [1.807, 2.05) is 0 Å². The molecule has 0 spiro atoms. The Kier molecular flexibility index (Phi) is 4.65. The molecule has 20 heavy (non-hydrogen) atoms. The van der Waals surface area contributed by atoms with Crippen LogP contribution in [0.4, 0.5) is 5.82 Å². The number of nitrogens with two attached hydrogens (primary N) is 1. The van der Waals surface area contributed by atoms with Crippen molar-refractivity contribution in [3.8, 4) is 0 Å². The number of nitrogen functional groups attached to an aromatic ring is 1. The van der Waals surface area contributed by atoms with Gasteiger partial charge in [0, 0.05) is 24.2 Å². The Bertz CT molecular complexity index is 568. The van der Waals surface area contributed by atoms with E-state index >= 15 is 0 Å². The van der Waals surface area contributed by atoms with Crippen LogP contribution in [0.1, 0.15) is 35.2 Å². The molecule has 0 aromatic carbocycles. The van der Waals surface area contributed by atoms with E-state index in [-0.39, 0.29) is 5.91 Å². The van der Waals surface area contributed by atoms with Crippen LogP contribution in [0.25, 0.3) is 0 Å². The number of aromatic nitrogens is 3. The van der Waals surface area contributed by atoms with Gasteiger partial charge in [-0.1, -0.05) is 18.5 Å². The van der Waals surface area contributed by atoms with Gasteiger partial charge in [-0.3, -0.25) is 4.79 Å². The van der Waals surface area contributed by atoms with Gasteiger partial charge < -0.3 is 15.6 Å². The normalized spacial score (nSPS) is 10.4. The van der Waals surface area contributed by atoms with E-state index in [4.69, 9.17) is 5.73 Å². The van der Waals surface area contributed by atoms with Gasteiger partial charge in [-0.2, -0.15) is 4.98 Å². The predicted molar refractivity (Wildman–Crippen MR) is 73.0 cm³/mol. The smallest absolute Gasteiger partial charge is 0.251 e. The van der Waals surface area contributed by atoms with E-state index in [0.717, 1.165) is 18.5 Å². The maximum absolute atomic E-state index is 12.0. The van der Waals surface area contributed by atoms with Gasteiger partial charge in [-0.25, -0.2) is 4.98 Å². The second-order valence-electron chi connectivity index (χ2n) is 4.38. The molecule has 0 radical (unpaired) electrons. The van der Waals surface area contributed by atoms with Gasteiger partial charge in [0.2, 0.25) is 6.39 Å². The summed E-state index contributed by atoms with van der Waals surface area (Å²) in [4.78, 5) is 20.1. The molecule has 106 valence electrons. The average molecular weight is 275 g/mol. The Balaban J connectivity index is 1.94. The first kappa shape index (κ1) is 14.0. The largest absolute Gasteiger partial charge is 0.384 e. The molecule has 0 saturated carbocycles. The third-order valence-corrected chi connectivity index (χ3v) is 2.71. The van der Waals surface area contributed by atoms with Crippen molar-refractivity contribution < 1.29 is 9.32 Å². The summed E-state index contributed by atoms with van der Waals surface area (Å²) in [5.74, 6) is 0.741. The minimum Gasteiger partial charge on any atom is -0.384 e. The molecule has 0 atom stereocenters. The molecule has 0 aliphatic heterocycles. The van der Waals surface area contributed by atoms with Crippen molar-refractivity contribution in [1.82, 2.24) is 20.4 Å². The molecule has 0 unspecified atom stereocenters. The highest BCUT2D eigenvalue weighted by Gasteiger charge is 2.09. The second-order valence-corrected chi connectivity index (χ2v) is 4.38. The number of rotatable bonds is 6. The van der Waals surface area contributed by atoms with Gasteiger partial charge in [0.25, 0.3) is 5.91 Å². The summed E-state index contributed by atoms with van der Waals surface area (Å²) in [6, 6.07) is 3.34. The Hall–Kier alpha value is -2.44. The topological polar surface area (TPSA) is 107 Å². The number of pyridine rings is 1. The summed E-state index contributed by atoms with van der Waals surface area (Å²) in [6.07, 6.45) is 3.53. The zero-order valence-electron chi connectivity index (χ0n) is 11.3. The molecular formula is C13H17N5O2. The fourth-order valence-electron chi connectivity index (χ4n) is 1.82. The van der Waals surface area contributed by atoms with Gasteiger partial charge in [0.1, 0.15) is 5.82 Å². The van der Waals surface area contributed by atoms with Crippen molar-refractivity contribution in [3.05, 3.63) is 35.6 Å². The molecule has 0 fully saturated rings. The van der Waals surface area contributed by atoms with Gasteiger partial charge in [-0.05, 0) is 18.6 Å². The summed E-state index contributed by atoms with van der Waals surface area (Å²) in [7, 11) is 0. The minimum absolute atomic E-state index is 0.181. The maximum Gasteiger partial charge on any atom is 0.251 e. The first-order valence-electron chi connectivity index (χ1n) is 6.49. The van der Waals surface area contributed by atoms with Crippen LogP contribution in [0.5, 0.6) is 0 Å². The third-order valence-electron chi connectivity index (χ3n) is 2.71. The Morgan fingerprint density at radius 3 is 2.95 bits per heavy atom. The molecular weight excluding hydrogens is 258 g/mol. The molecule has 0 bridgehead atoms.